The van der Waals surface area contributed by atoms with Crippen molar-refractivity contribution < 1.29 is 68.4 Å². The van der Waals surface area contributed by atoms with Gasteiger partial charge in [0.05, 0.1) is 31.8 Å². The molecule has 0 radical (unpaired) electrons. The van der Waals surface area contributed by atoms with Crippen molar-refractivity contribution in [2.24, 2.45) is 23.3 Å². The van der Waals surface area contributed by atoms with E-state index in [4.69, 9.17) is 16.6 Å². The second kappa shape index (κ2) is 25.9. The van der Waals surface area contributed by atoms with Gasteiger partial charge in [-0.1, -0.05) is 58.0 Å². The average Bonchev–Trinajstić information content (AvgIpc) is 3.73. The Bertz CT molecular complexity index is 1860. The average molecular weight is 921 g/mol. The van der Waals surface area contributed by atoms with Gasteiger partial charge in [0.2, 0.25) is 53.2 Å². The van der Waals surface area contributed by atoms with Crippen LogP contribution in [0.15, 0.2) is 30.3 Å². The third-order valence-corrected chi connectivity index (χ3v) is 10.4. The van der Waals surface area contributed by atoms with E-state index in [0.717, 1.165) is 11.8 Å². The van der Waals surface area contributed by atoms with Gasteiger partial charge in [-0.05, 0) is 44.1 Å². The number of aliphatic hydroxyl groups is 3. The Morgan fingerprint density at radius 3 is 1.66 bits per heavy atom. The predicted molar refractivity (Wildman–Crippen MR) is 229 cm³/mol. The maximum absolute atomic E-state index is 13.7. The summed E-state index contributed by atoms with van der Waals surface area (Å²) in [7, 11) is 0. The molecule has 1 fully saturated rings. The fraction of sp³-hybridized carbons (Fsp3) is 0.610. The van der Waals surface area contributed by atoms with Crippen LogP contribution in [-0.2, 0) is 54.4 Å². The number of hydrogen-bond acceptors (Lipinski definition) is 14. The molecule has 24 nitrogen and oxygen atoms in total. The number of rotatable bonds is 25. The van der Waals surface area contributed by atoms with Crippen molar-refractivity contribution in [2.45, 2.75) is 128 Å². The number of carboxylic acids is 1. The van der Waals surface area contributed by atoms with Crippen molar-refractivity contribution in [2.75, 3.05) is 19.7 Å². The molecule has 1 aromatic rings. The lowest BCUT2D eigenvalue weighted by molar-refractivity contribution is -0.143. The summed E-state index contributed by atoms with van der Waals surface area (Å²) in [6, 6.07) is -2.92. The summed E-state index contributed by atoms with van der Waals surface area (Å²) in [5.74, 6) is -10.9. The third-order valence-electron chi connectivity index (χ3n) is 10.4. The number of nitrogens with two attached hydrogens (primary N) is 2. The first-order valence-electron chi connectivity index (χ1n) is 21.1. The van der Waals surface area contributed by atoms with Gasteiger partial charge in [-0.15, -0.1) is 0 Å². The number of aliphatic hydroxyl groups excluding tert-OH is 3. The normalized spacial score (nSPS) is 17.7. The molecule has 65 heavy (non-hydrogen) atoms. The number of amides is 9. The molecule has 10 atom stereocenters. The van der Waals surface area contributed by atoms with E-state index >= 15 is 0 Å². The minimum absolute atomic E-state index is 0.0231. The molecule has 0 bridgehead atoms. The van der Waals surface area contributed by atoms with Crippen molar-refractivity contribution in [3.05, 3.63) is 35.9 Å². The molecule has 0 unspecified atom stereocenters. The van der Waals surface area contributed by atoms with Crippen LogP contribution >= 0.6 is 0 Å². The summed E-state index contributed by atoms with van der Waals surface area (Å²) in [6.45, 7) is 7.20. The Morgan fingerprint density at radius 1 is 0.692 bits per heavy atom. The van der Waals surface area contributed by atoms with Crippen molar-refractivity contribution in [1.82, 2.24) is 42.1 Å². The Hall–Kier alpha value is -6.24. The van der Waals surface area contributed by atoms with Crippen LogP contribution in [0.4, 0.5) is 0 Å². The van der Waals surface area contributed by atoms with E-state index in [2.05, 4.69) is 37.2 Å². The standard InChI is InChI=1S/C41H64N10O14/c1-19(2)30(36(59)46-26(41(64)65)15-23-11-8-7-9-12-23)48-37(60)31(20(3)4)49-39(62)32(21(5)53)47-29(56)17-44-35(58)27-13-10-14-51(27)40(63)25(16-28(43)55)45-38(61)33(22(6)54)50-34(57)24(42)18-52/h7-9,11-12,19-22,24-27,30-33,52-54H,10,13-18,42H2,1-6H3,(H2,43,55)(H,44,58)(H,45,61)(H,46,59)(H,47,56)(H,48,60)(H,49,62)(H,50,57)(H,64,65)/t21-,22-,24+,25+,26+,27+,30+,31+,32+,33+/m1/s1. The summed E-state index contributed by atoms with van der Waals surface area (Å²) >= 11 is 0. The highest BCUT2D eigenvalue weighted by Crippen LogP contribution is 2.20. The largest absolute Gasteiger partial charge is 0.480 e. The van der Waals surface area contributed by atoms with Crippen LogP contribution in [0.3, 0.4) is 0 Å². The highest BCUT2D eigenvalue weighted by Gasteiger charge is 2.40. The van der Waals surface area contributed by atoms with Crippen molar-refractivity contribution in [3.63, 3.8) is 0 Å². The molecule has 362 valence electrons. The van der Waals surface area contributed by atoms with Gasteiger partial charge in [0.25, 0.3) is 0 Å². The molecule has 1 aliphatic heterocycles. The second-order valence-electron chi connectivity index (χ2n) is 16.5. The van der Waals surface area contributed by atoms with Gasteiger partial charge in [0.1, 0.15) is 48.3 Å². The summed E-state index contributed by atoms with van der Waals surface area (Å²) < 4.78 is 0. The Morgan fingerprint density at radius 2 is 1.17 bits per heavy atom. The first kappa shape index (κ1) is 54.9. The zero-order chi connectivity index (χ0) is 49.3. The molecule has 1 heterocycles. The van der Waals surface area contributed by atoms with Crippen molar-refractivity contribution in [3.8, 4) is 0 Å². The zero-order valence-electron chi connectivity index (χ0n) is 37.2. The number of primary amides is 1. The maximum Gasteiger partial charge on any atom is 0.326 e. The summed E-state index contributed by atoms with van der Waals surface area (Å²) in [5.41, 5.74) is 11.5. The van der Waals surface area contributed by atoms with Gasteiger partial charge < -0.3 is 74.0 Å². The number of benzene rings is 1. The van der Waals surface area contributed by atoms with Gasteiger partial charge in [-0.25, -0.2) is 4.79 Å². The summed E-state index contributed by atoms with van der Waals surface area (Å²) in [4.78, 5) is 131. The fourth-order valence-electron chi connectivity index (χ4n) is 6.70. The van der Waals surface area contributed by atoms with Crippen molar-refractivity contribution in [1.29, 1.82) is 0 Å². The van der Waals surface area contributed by atoms with Crippen LogP contribution in [0.25, 0.3) is 0 Å². The van der Waals surface area contributed by atoms with Gasteiger partial charge in [0, 0.05) is 13.0 Å². The number of likely N-dealkylation sites (tertiary alicyclic amines) is 1. The molecule has 0 aliphatic carbocycles. The smallest absolute Gasteiger partial charge is 0.326 e. The second-order valence-corrected chi connectivity index (χ2v) is 16.5. The Balaban J connectivity index is 2.11. The minimum Gasteiger partial charge on any atom is -0.480 e. The summed E-state index contributed by atoms with van der Waals surface area (Å²) in [6.07, 6.45) is -3.46. The van der Waals surface area contributed by atoms with E-state index in [-0.39, 0.29) is 25.8 Å². The predicted octanol–water partition coefficient (Wildman–Crippen LogP) is -5.40. The lowest BCUT2D eigenvalue weighted by Gasteiger charge is -2.30. The van der Waals surface area contributed by atoms with Gasteiger partial charge in [0.15, 0.2) is 0 Å². The molecule has 0 aromatic heterocycles. The monoisotopic (exact) mass is 920 g/mol. The number of carboxylic acid groups (broad SMARTS) is 1. The number of nitrogens with zero attached hydrogens (tertiary/aromatic N) is 1. The molecule has 1 saturated heterocycles. The van der Waals surface area contributed by atoms with Crippen LogP contribution < -0.4 is 48.7 Å². The van der Waals surface area contributed by atoms with Crippen LogP contribution in [0.1, 0.15) is 66.4 Å². The quantitative estimate of drug-likeness (QED) is 0.0435. The first-order valence-corrected chi connectivity index (χ1v) is 21.1. The molecule has 15 N–H and O–H groups in total. The van der Waals surface area contributed by atoms with Gasteiger partial charge in [-0.3, -0.25) is 43.2 Å². The molecule has 1 aliphatic rings. The molecule has 24 heteroatoms. The lowest BCUT2D eigenvalue weighted by atomic mass is 9.98. The number of carbonyl (C=O) groups is 10. The van der Waals surface area contributed by atoms with Crippen molar-refractivity contribution >= 4 is 59.1 Å². The number of hydrogen-bond donors (Lipinski definition) is 13. The number of aliphatic carboxylic acids is 1. The molecule has 0 saturated carbocycles. The zero-order valence-corrected chi connectivity index (χ0v) is 37.2. The lowest BCUT2D eigenvalue weighted by Crippen LogP contribution is -2.62. The molecule has 2 rings (SSSR count). The van der Waals surface area contributed by atoms with E-state index < -0.39 is 151 Å². The first-order chi connectivity index (χ1) is 30.4. The summed E-state index contributed by atoms with van der Waals surface area (Å²) in [5, 5.41) is 56.1. The van der Waals surface area contributed by atoms with Crippen LogP contribution in [-0.4, -0.2) is 165 Å². The van der Waals surface area contributed by atoms with Crippen LogP contribution in [0, 0.1) is 11.8 Å². The van der Waals surface area contributed by atoms with E-state index in [1.165, 1.54) is 6.92 Å². The minimum atomic E-state index is -1.68. The Labute approximate surface area is 375 Å². The Kier molecular flexibility index (Phi) is 21.9. The van der Waals surface area contributed by atoms with Crippen LogP contribution in [0.2, 0.25) is 0 Å². The molecular weight excluding hydrogens is 857 g/mol. The van der Waals surface area contributed by atoms with Gasteiger partial charge >= 0.3 is 5.97 Å². The molecule has 0 spiro atoms. The highest BCUT2D eigenvalue weighted by molar-refractivity contribution is 5.99. The van der Waals surface area contributed by atoms with Gasteiger partial charge in [-0.2, -0.15) is 0 Å². The SMILES string of the molecule is CC(C)[C@H](NC(=O)[C@@H](NC(=O)[C@@H](NC(=O)CNC(=O)[C@@H]1CCCN1C(=O)[C@H](CC(N)=O)NC(=O)[C@@H](NC(=O)[C@@H](N)CO)[C@@H](C)O)[C@@H](C)O)C(C)C)C(=O)N[C@@H](Cc1ccccc1)C(=O)O. The highest BCUT2D eigenvalue weighted by atomic mass is 16.4. The number of nitrogens with one attached hydrogen (secondary N) is 7. The number of carbonyl (C=O) groups excluding carboxylic acids is 9. The fourth-order valence-corrected chi connectivity index (χ4v) is 6.70. The van der Waals surface area contributed by atoms with E-state index in [1.807, 2.05) is 0 Å². The van der Waals surface area contributed by atoms with E-state index in [9.17, 15) is 63.3 Å². The topological polar surface area (TPSA) is 391 Å². The van der Waals surface area contributed by atoms with E-state index in [1.54, 1.807) is 58.0 Å². The maximum atomic E-state index is 13.7. The van der Waals surface area contributed by atoms with E-state index in [0.29, 0.717) is 5.56 Å². The molecular formula is C41H64N10O14. The molecule has 1 aromatic carbocycles. The van der Waals surface area contributed by atoms with Crippen LogP contribution in [0.5, 0.6) is 0 Å². The molecule has 9 amide bonds. The third kappa shape index (κ3) is 17.0.